The number of rotatable bonds is 5. The van der Waals surface area contributed by atoms with Gasteiger partial charge in [0.15, 0.2) is 12.7 Å². The Labute approximate surface area is 198 Å². The van der Waals surface area contributed by atoms with Crippen LogP contribution in [0, 0.1) is 0 Å². The van der Waals surface area contributed by atoms with Gasteiger partial charge in [0, 0.05) is 29.6 Å². The minimum absolute atomic E-state index is 0.531. The number of benzene rings is 3. The molecular weight excluding hydrogens is 427 g/mol. The van der Waals surface area contributed by atoms with Crippen molar-refractivity contribution >= 4 is 47.0 Å². The molecule has 0 saturated carbocycles. The molecule has 3 aromatic carbocycles. The highest BCUT2D eigenvalue weighted by atomic mass is 32.2. The number of thioether (sulfide) groups is 1. The van der Waals surface area contributed by atoms with Gasteiger partial charge in [0.05, 0.1) is 16.1 Å². The first-order valence-electron chi connectivity index (χ1n) is 10.9. The molecular formula is C27H24BN2O2S+. The van der Waals surface area contributed by atoms with E-state index in [0.29, 0.717) is 12.0 Å². The van der Waals surface area contributed by atoms with Crippen LogP contribution in [-0.2, 0) is 6.54 Å². The van der Waals surface area contributed by atoms with Gasteiger partial charge in [-0.25, -0.2) is 0 Å². The molecule has 0 radical (unpaired) electrons. The number of nitrogens with zero attached hydrogens (tertiary/aromatic N) is 2. The first kappa shape index (κ1) is 21.5. The lowest BCUT2D eigenvalue weighted by Gasteiger charge is -2.12. The van der Waals surface area contributed by atoms with Crippen LogP contribution in [0.5, 0.6) is 0 Å². The number of anilines is 1. The molecule has 33 heavy (non-hydrogen) atoms. The van der Waals surface area contributed by atoms with E-state index < -0.39 is 7.12 Å². The van der Waals surface area contributed by atoms with Gasteiger partial charge in [-0.1, -0.05) is 72.4 Å². The molecule has 0 amide bonds. The number of fused-ring (bicyclic) bond motifs is 2. The summed E-state index contributed by atoms with van der Waals surface area (Å²) in [4.78, 5) is 3.49. The monoisotopic (exact) mass is 451 g/mol. The van der Waals surface area contributed by atoms with Crippen LogP contribution in [0.3, 0.4) is 0 Å². The molecule has 0 saturated heterocycles. The normalized spacial score (nSPS) is 14.4. The van der Waals surface area contributed by atoms with Crippen LogP contribution in [-0.4, -0.2) is 24.2 Å². The Kier molecular flexibility index (Phi) is 6.05. The van der Waals surface area contributed by atoms with Crippen molar-refractivity contribution in [2.24, 2.45) is 0 Å². The van der Waals surface area contributed by atoms with Gasteiger partial charge >= 0.3 is 7.12 Å². The van der Waals surface area contributed by atoms with Crippen molar-refractivity contribution in [3.05, 3.63) is 113 Å². The van der Waals surface area contributed by atoms with Crippen molar-refractivity contribution in [1.82, 2.24) is 0 Å². The van der Waals surface area contributed by atoms with E-state index in [1.165, 1.54) is 15.6 Å². The fraction of sp³-hybridized carbons (Fsp3) is 0.0741. The Morgan fingerprint density at radius 2 is 1.70 bits per heavy atom. The standard InChI is InChI=1S/C27H24BN2O2S/c1-29-25-14-6-7-15-26(25)33-27(29)16-8-10-20-17-18-30(24-13-5-3-11-22(20)24)19-21-9-2-4-12-23(21)28(31)32/h2-18,31-32H,19H2,1H3/q+1. The van der Waals surface area contributed by atoms with Crippen LogP contribution in [0.4, 0.5) is 5.69 Å². The second-order valence-electron chi connectivity index (χ2n) is 7.98. The van der Waals surface area contributed by atoms with E-state index in [9.17, 15) is 10.0 Å². The maximum atomic E-state index is 9.73. The summed E-state index contributed by atoms with van der Waals surface area (Å²) in [5.41, 5.74) is 4.88. The number of aromatic nitrogens is 1. The molecule has 0 fully saturated rings. The van der Waals surface area contributed by atoms with Gasteiger partial charge in [0.2, 0.25) is 5.52 Å². The SMILES string of the molecule is CN1/C(=C/C=C/c2cc[n+](Cc3ccccc3B(O)O)c3ccccc23)Sc2ccccc21. The summed E-state index contributed by atoms with van der Waals surface area (Å²) >= 11 is 1.78. The minimum atomic E-state index is -1.49. The summed E-state index contributed by atoms with van der Waals surface area (Å²) in [5, 5.41) is 21.8. The van der Waals surface area contributed by atoms with Crippen LogP contribution in [0.1, 0.15) is 11.1 Å². The number of para-hydroxylation sites is 2. The maximum absolute atomic E-state index is 9.73. The van der Waals surface area contributed by atoms with Crippen molar-refractivity contribution < 1.29 is 14.6 Å². The predicted octanol–water partition coefficient (Wildman–Crippen LogP) is 3.95. The molecule has 6 heteroatoms. The van der Waals surface area contributed by atoms with Crippen molar-refractivity contribution in [3.63, 3.8) is 0 Å². The Balaban J connectivity index is 1.45. The molecule has 4 aromatic rings. The summed E-state index contributed by atoms with van der Waals surface area (Å²) in [6, 6.07) is 26.3. The zero-order valence-corrected chi connectivity index (χ0v) is 19.1. The van der Waals surface area contributed by atoms with Crippen LogP contribution >= 0.6 is 11.8 Å². The Hall–Kier alpha value is -3.32. The molecule has 4 nitrogen and oxygen atoms in total. The smallest absolute Gasteiger partial charge is 0.423 e. The Bertz CT molecular complexity index is 1380. The number of hydrogen-bond donors (Lipinski definition) is 2. The second kappa shape index (κ2) is 9.28. The first-order valence-corrected chi connectivity index (χ1v) is 11.7. The molecule has 0 spiro atoms. The van der Waals surface area contributed by atoms with Gasteiger partial charge < -0.3 is 14.9 Å². The van der Waals surface area contributed by atoms with E-state index in [-0.39, 0.29) is 0 Å². The molecule has 162 valence electrons. The molecule has 1 aliphatic rings. The quantitative estimate of drug-likeness (QED) is 0.357. The summed E-state index contributed by atoms with van der Waals surface area (Å²) in [7, 11) is 0.613. The van der Waals surface area contributed by atoms with Gasteiger partial charge in [-0.3, -0.25) is 0 Å². The molecule has 5 rings (SSSR count). The molecule has 0 bridgehead atoms. The lowest BCUT2D eigenvalue weighted by molar-refractivity contribution is -0.662. The second-order valence-corrected chi connectivity index (χ2v) is 9.04. The minimum Gasteiger partial charge on any atom is -0.423 e. The third-order valence-corrected chi connectivity index (χ3v) is 7.10. The maximum Gasteiger partial charge on any atom is 0.488 e. The van der Waals surface area contributed by atoms with Gasteiger partial charge in [0.25, 0.3) is 0 Å². The summed E-state index contributed by atoms with van der Waals surface area (Å²) in [6.07, 6.45) is 8.46. The molecule has 1 aliphatic heterocycles. The van der Waals surface area contributed by atoms with Crippen LogP contribution in [0.2, 0.25) is 0 Å². The first-order chi connectivity index (χ1) is 16.1. The van der Waals surface area contributed by atoms with Crippen molar-refractivity contribution in [2.45, 2.75) is 11.4 Å². The largest absolute Gasteiger partial charge is 0.488 e. The average Bonchev–Trinajstić information content (AvgIpc) is 3.16. The van der Waals surface area contributed by atoms with Gasteiger partial charge in [-0.15, -0.1) is 0 Å². The molecule has 2 N–H and O–H groups in total. The highest BCUT2D eigenvalue weighted by Crippen LogP contribution is 2.44. The van der Waals surface area contributed by atoms with Crippen LogP contribution in [0.25, 0.3) is 17.0 Å². The van der Waals surface area contributed by atoms with Crippen LogP contribution < -0.4 is 14.9 Å². The van der Waals surface area contributed by atoms with E-state index in [2.05, 4.69) is 83.4 Å². The number of allylic oxidation sites excluding steroid dienone is 2. The van der Waals surface area contributed by atoms with E-state index in [1.807, 2.05) is 30.3 Å². The van der Waals surface area contributed by atoms with Gasteiger partial charge in [0.1, 0.15) is 0 Å². The topological polar surface area (TPSA) is 47.6 Å². The molecule has 2 heterocycles. The van der Waals surface area contributed by atoms with Crippen LogP contribution in [0.15, 0.2) is 107 Å². The Morgan fingerprint density at radius 1 is 0.939 bits per heavy atom. The lowest BCUT2D eigenvalue weighted by Crippen LogP contribution is -2.41. The summed E-state index contributed by atoms with van der Waals surface area (Å²) < 4.78 is 2.14. The average molecular weight is 451 g/mol. The molecule has 0 aliphatic carbocycles. The predicted molar refractivity (Wildman–Crippen MR) is 137 cm³/mol. The van der Waals surface area contributed by atoms with E-state index in [0.717, 1.165) is 22.0 Å². The Morgan fingerprint density at radius 3 is 2.55 bits per heavy atom. The van der Waals surface area contributed by atoms with E-state index >= 15 is 0 Å². The highest BCUT2D eigenvalue weighted by Gasteiger charge is 2.21. The summed E-state index contributed by atoms with van der Waals surface area (Å²) in [5.74, 6) is 0. The van der Waals surface area contributed by atoms with Crippen molar-refractivity contribution in [2.75, 3.05) is 11.9 Å². The zero-order valence-electron chi connectivity index (χ0n) is 18.3. The number of pyridine rings is 1. The van der Waals surface area contributed by atoms with Crippen molar-refractivity contribution in [3.8, 4) is 0 Å². The zero-order chi connectivity index (χ0) is 22.8. The molecule has 0 unspecified atom stereocenters. The van der Waals surface area contributed by atoms with Crippen molar-refractivity contribution in [1.29, 1.82) is 0 Å². The fourth-order valence-electron chi connectivity index (χ4n) is 4.21. The third-order valence-electron chi connectivity index (χ3n) is 5.92. The van der Waals surface area contributed by atoms with E-state index in [1.54, 1.807) is 17.8 Å². The third kappa shape index (κ3) is 4.33. The molecule has 1 aromatic heterocycles. The number of hydrogen-bond acceptors (Lipinski definition) is 4. The summed E-state index contributed by atoms with van der Waals surface area (Å²) in [6.45, 7) is 0.558. The van der Waals surface area contributed by atoms with Gasteiger partial charge in [-0.2, -0.15) is 4.57 Å². The fourth-order valence-corrected chi connectivity index (χ4v) is 5.27. The lowest BCUT2D eigenvalue weighted by atomic mass is 9.77. The van der Waals surface area contributed by atoms with E-state index in [4.69, 9.17) is 0 Å². The highest BCUT2D eigenvalue weighted by molar-refractivity contribution is 8.03. The molecule has 0 atom stereocenters. The van der Waals surface area contributed by atoms with Gasteiger partial charge in [-0.05, 0) is 35.3 Å².